The molecule has 30 heavy (non-hydrogen) atoms. The molecule has 2 aliphatic rings. The van der Waals surface area contributed by atoms with Gasteiger partial charge < -0.3 is 10.1 Å². The number of carbonyl (C=O) groups is 2. The van der Waals surface area contributed by atoms with Crippen molar-refractivity contribution in [3.05, 3.63) is 76.4 Å². The number of amides is 1. The van der Waals surface area contributed by atoms with Crippen molar-refractivity contribution in [2.24, 2.45) is 5.92 Å². The molecular formula is C26H29NO3. The lowest BCUT2D eigenvalue weighted by Gasteiger charge is -2.28. The molecule has 0 spiro atoms. The normalized spacial score (nSPS) is 17.0. The molecule has 0 saturated heterocycles. The average molecular weight is 404 g/mol. The Morgan fingerprint density at radius 2 is 1.77 bits per heavy atom. The molecule has 2 aromatic rings. The molecule has 0 heterocycles. The standard InChI is InChI=1S/C26H29NO3/c1-3-19-10-7-11-23(22(19)15-14-18-12-13-18)24(28)27-26(25(29)30-4-2)16-20-8-5-6-9-21(20)17-26/h5-11,14-15,18H,3-4,12-13,16-17H2,1-2H3,(H,27,28)/b15-14+. The van der Waals surface area contributed by atoms with Crippen LogP contribution in [0.3, 0.4) is 0 Å². The minimum absolute atomic E-state index is 0.221. The lowest BCUT2D eigenvalue weighted by atomic mass is 9.93. The van der Waals surface area contributed by atoms with Crippen LogP contribution in [0.15, 0.2) is 48.5 Å². The zero-order valence-electron chi connectivity index (χ0n) is 17.7. The summed E-state index contributed by atoms with van der Waals surface area (Å²) in [6.45, 7) is 4.17. The lowest BCUT2D eigenvalue weighted by Crippen LogP contribution is -2.56. The minimum atomic E-state index is -1.06. The van der Waals surface area contributed by atoms with Gasteiger partial charge in [-0.15, -0.1) is 0 Å². The highest BCUT2D eigenvalue weighted by molar-refractivity contribution is 6.01. The van der Waals surface area contributed by atoms with E-state index in [4.69, 9.17) is 4.74 Å². The molecule has 1 saturated carbocycles. The molecule has 0 radical (unpaired) electrons. The van der Waals surface area contributed by atoms with Crippen molar-refractivity contribution >= 4 is 18.0 Å². The van der Waals surface area contributed by atoms with E-state index in [1.54, 1.807) is 6.92 Å². The predicted octanol–water partition coefficient (Wildman–Crippen LogP) is 4.50. The minimum Gasteiger partial charge on any atom is -0.464 e. The van der Waals surface area contributed by atoms with E-state index in [2.05, 4.69) is 30.5 Å². The smallest absolute Gasteiger partial charge is 0.332 e. The van der Waals surface area contributed by atoms with E-state index in [0.717, 1.165) is 28.7 Å². The van der Waals surface area contributed by atoms with Crippen LogP contribution in [0.2, 0.25) is 0 Å². The van der Waals surface area contributed by atoms with Crippen molar-refractivity contribution in [1.29, 1.82) is 0 Å². The highest BCUT2D eigenvalue weighted by atomic mass is 16.5. The van der Waals surface area contributed by atoms with E-state index < -0.39 is 5.54 Å². The quantitative estimate of drug-likeness (QED) is 0.693. The van der Waals surface area contributed by atoms with Crippen LogP contribution in [-0.2, 0) is 28.8 Å². The van der Waals surface area contributed by atoms with Crippen LogP contribution in [0.5, 0.6) is 0 Å². The van der Waals surface area contributed by atoms with Crippen LogP contribution in [0, 0.1) is 5.92 Å². The average Bonchev–Trinajstić information content (AvgIpc) is 3.50. The van der Waals surface area contributed by atoms with Gasteiger partial charge in [-0.1, -0.05) is 55.5 Å². The Kier molecular flexibility index (Phi) is 5.76. The molecule has 1 N–H and O–H groups in total. The summed E-state index contributed by atoms with van der Waals surface area (Å²) in [7, 11) is 0. The largest absolute Gasteiger partial charge is 0.464 e. The van der Waals surface area contributed by atoms with Gasteiger partial charge in [0.1, 0.15) is 5.54 Å². The molecule has 2 aliphatic carbocycles. The zero-order chi connectivity index (χ0) is 21.1. The Balaban J connectivity index is 1.66. The van der Waals surface area contributed by atoms with Gasteiger partial charge in [0.25, 0.3) is 5.91 Å². The number of hydrogen-bond donors (Lipinski definition) is 1. The maximum Gasteiger partial charge on any atom is 0.332 e. The maximum atomic E-state index is 13.5. The molecule has 2 aromatic carbocycles. The molecule has 156 valence electrons. The summed E-state index contributed by atoms with van der Waals surface area (Å²) in [5.74, 6) is 0.0407. The number of esters is 1. The van der Waals surface area contributed by atoms with Crippen LogP contribution in [-0.4, -0.2) is 24.0 Å². The molecule has 4 heteroatoms. The fraction of sp³-hybridized carbons (Fsp3) is 0.385. The van der Waals surface area contributed by atoms with Crippen molar-refractivity contribution in [2.45, 2.75) is 51.5 Å². The second-order valence-electron chi connectivity index (χ2n) is 8.31. The number of nitrogens with one attached hydrogen (secondary N) is 1. The van der Waals surface area contributed by atoms with Gasteiger partial charge in [-0.05, 0) is 60.4 Å². The highest BCUT2D eigenvalue weighted by Crippen LogP contribution is 2.33. The Hall–Kier alpha value is -2.88. The van der Waals surface area contributed by atoms with Gasteiger partial charge >= 0.3 is 5.97 Å². The number of hydrogen-bond acceptors (Lipinski definition) is 3. The summed E-state index contributed by atoms with van der Waals surface area (Å²) in [6, 6.07) is 13.8. The number of aryl methyl sites for hydroxylation is 1. The van der Waals surface area contributed by atoms with E-state index in [9.17, 15) is 9.59 Å². The zero-order valence-corrected chi connectivity index (χ0v) is 17.7. The molecule has 1 fully saturated rings. The number of carbonyl (C=O) groups excluding carboxylic acids is 2. The van der Waals surface area contributed by atoms with Crippen LogP contribution < -0.4 is 5.32 Å². The van der Waals surface area contributed by atoms with Crippen LogP contribution >= 0.6 is 0 Å². The second kappa shape index (κ2) is 8.47. The molecule has 0 atom stereocenters. The first-order valence-corrected chi connectivity index (χ1v) is 10.9. The Morgan fingerprint density at radius 3 is 2.37 bits per heavy atom. The number of allylic oxidation sites excluding steroid dienone is 1. The topological polar surface area (TPSA) is 55.4 Å². The number of fused-ring (bicyclic) bond motifs is 1. The summed E-state index contributed by atoms with van der Waals surface area (Å²) in [5, 5.41) is 3.09. The van der Waals surface area contributed by atoms with Gasteiger partial charge in [0, 0.05) is 18.4 Å². The van der Waals surface area contributed by atoms with Crippen molar-refractivity contribution in [1.82, 2.24) is 5.32 Å². The van der Waals surface area contributed by atoms with Crippen LogP contribution in [0.4, 0.5) is 0 Å². The first-order chi connectivity index (χ1) is 14.6. The highest BCUT2D eigenvalue weighted by Gasteiger charge is 2.46. The van der Waals surface area contributed by atoms with E-state index in [1.807, 2.05) is 36.4 Å². The SMILES string of the molecule is CCOC(=O)C1(NC(=O)c2cccc(CC)c2/C=C/C2CC2)Cc2ccccc2C1. The molecule has 0 unspecified atom stereocenters. The molecule has 0 aromatic heterocycles. The van der Waals surface area contributed by atoms with Gasteiger partial charge in [0.05, 0.1) is 6.61 Å². The number of rotatable bonds is 7. The number of benzene rings is 2. The van der Waals surface area contributed by atoms with Crippen LogP contribution in [0.25, 0.3) is 6.08 Å². The fourth-order valence-electron chi connectivity index (χ4n) is 4.29. The van der Waals surface area contributed by atoms with E-state index in [-0.39, 0.29) is 18.5 Å². The predicted molar refractivity (Wildman–Crippen MR) is 118 cm³/mol. The third kappa shape index (κ3) is 4.04. The Bertz CT molecular complexity index is 963. The summed E-state index contributed by atoms with van der Waals surface area (Å²) >= 11 is 0. The van der Waals surface area contributed by atoms with Crippen LogP contribution in [0.1, 0.15) is 59.3 Å². The number of ether oxygens (including phenoxy) is 1. The molecule has 0 aliphatic heterocycles. The third-order valence-electron chi connectivity index (χ3n) is 6.10. The first-order valence-electron chi connectivity index (χ1n) is 10.9. The van der Waals surface area contributed by atoms with Crippen molar-refractivity contribution in [3.8, 4) is 0 Å². The second-order valence-corrected chi connectivity index (χ2v) is 8.31. The first kappa shape index (κ1) is 20.4. The van der Waals surface area contributed by atoms with Crippen molar-refractivity contribution in [2.75, 3.05) is 6.61 Å². The van der Waals surface area contributed by atoms with Gasteiger partial charge in [0.15, 0.2) is 0 Å². The van der Waals surface area contributed by atoms with Gasteiger partial charge in [-0.2, -0.15) is 0 Å². The molecule has 4 rings (SSSR count). The maximum absolute atomic E-state index is 13.5. The third-order valence-corrected chi connectivity index (χ3v) is 6.10. The van der Waals surface area contributed by atoms with Crippen molar-refractivity contribution < 1.29 is 14.3 Å². The van der Waals surface area contributed by atoms with E-state index in [0.29, 0.717) is 24.3 Å². The summed E-state index contributed by atoms with van der Waals surface area (Å²) in [6.07, 6.45) is 8.49. The summed E-state index contributed by atoms with van der Waals surface area (Å²) < 4.78 is 5.39. The lowest BCUT2D eigenvalue weighted by molar-refractivity contribution is -0.150. The molecule has 0 bridgehead atoms. The molecular weight excluding hydrogens is 374 g/mol. The monoisotopic (exact) mass is 403 g/mol. The van der Waals surface area contributed by atoms with Gasteiger partial charge in [0.2, 0.25) is 0 Å². The summed E-state index contributed by atoms with van der Waals surface area (Å²) in [4.78, 5) is 26.4. The summed E-state index contributed by atoms with van der Waals surface area (Å²) in [5.41, 5.74) is 3.82. The molecule has 4 nitrogen and oxygen atoms in total. The van der Waals surface area contributed by atoms with Gasteiger partial charge in [-0.3, -0.25) is 4.79 Å². The fourth-order valence-corrected chi connectivity index (χ4v) is 4.29. The van der Waals surface area contributed by atoms with E-state index in [1.165, 1.54) is 12.8 Å². The van der Waals surface area contributed by atoms with Crippen molar-refractivity contribution in [3.63, 3.8) is 0 Å². The van der Waals surface area contributed by atoms with E-state index >= 15 is 0 Å². The Labute approximate surface area is 178 Å². The van der Waals surface area contributed by atoms with Gasteiger partial charge in [-0.25, -0.2) is 4.79 Å². The Morgan fingerprint density at radius 1 is 1.07 bits per heavy atom. The molecule has 1 amide bonds.